The molecule has 0 aliphatic rings. The third-order valence-corrected chi connectivity index (χ3v) is 2.77. The summed E-state index contributed by atoms with van der Waals surface area (Å²) in [5.74, 6) is 0.256. The van der Waals surface area contributed by atoms with Crippen LogP contribution in [0.4, 0.5) is 0 Å². The molecule has 1 aromatic rings. The maximum Gasteiger partial charge on any atom is 0.251 e. The van der Waals surface area contributed by atoms with Crippen LogP contribution in [0.2, 0.25) is 0 Å². The number of carbonyl (C=O) groups is 1. The number of nitrogens with one attached hydrogen (secondary N) is 1. The Kier molecular flexibility index (Phi) is 6.53. The fraction of sp³-hybridized carbons (Fsp3) is 0.533. The Balaban J connectivity index is 2.44. The Morgan fingerprint density at radius 2 is 1.95 bits per heavy atom. The average molecular weight is 265 g/mol. The fourth-order valence-electron chi connectivity index (χ4n) is 1.86. The molecule has 2 N–H and O–H groups in total. The summed E-state index contributed by atoms with van der Waals surface area (Å²) in [7, 11) is 1.64. The summed E-state index contributed by atoms with van der Waals surface area (Å²) in [4.78, 5) is 11.9. The first-order chi connectivity index (χ1) is 9.02. The maximum atomic E-state index is 11.9. The van der Waals surface area contributed by atoms with E-state index in [1.165, 1.54) is 0 Å². The summed E-state index contributed by atoms with van der Waals surface area (Å²) < 4.78 is 5.01. The summed E-state index contributed by atoms with van der Waals surface area (Å²) in [5.41, 5.74) is 1.62. The molecule has 1 amide bonds. The molecule has 0 saturated carbocycles. The second kappa shape index (κ2) is 7.92. The lowest BCUT2D eigenvalue weighted by atomic mass is 10.1. The van der Waals surface area contributed by atoms with Gasteiger partial charge in [-0.05, 0) is 30.0 Å². The van der Waals surface area contributed by atoms with Crippen LogP contribution in [0.15, 0.2) is 24.3 Å². The Bertz CT molecular complexity index is 387. The maximum absolute atomic E-state index is 11.9. The van der Waals surface area contributed by atoms with Crippen LogP contribution in [-0.2, 0) is 11.3 Å². The number of amides is 1. The molecule has 0 spiro atoms. The van der Waals surface area contributed by atoms with Crippen molar-refractivity contribution in [2.24, 2.45) is 5.92 Å². The standard InChI is InChI=1S/C15H23NO3/c1-11(2)8-14(17)9-16-15(18)13-6-4-12(5-7-13)10-19-3/h4-7,11,14,17H,8-10H2,1-3H3,(H,16,18). The molecule has 0 aliphatic carbocycles. The highest BCUT2D eigenvalue weighted by molar-refractivity contribution is 5.94. The van der Waals surface area contributed by atoms with Gasteiger partial charge in [-0.3, -0.25) is 4.79 Å². The molecule has 0 radical (unpaired) electrons. The number of carbonyl (C=O) groups excluding carboxylic acids is 1. The van der Waals surface area contributed by atoms with Gasteiger partial charge in [0.2, 0.25) is 0 Å². The minimum absolute atomic E-state index is 0.160. The number of ether oxygens (including phenoxy) is 1. The number of methoxy groups -OCH3 is 1. The van der Waals surface area contributed by atoms with Gasteiger partial charge in [0.1, 0.15) is 0 Å². The van der Waals surface area contributed by atoms with E-state index >= 15 is 0 Å². The summed E-state index contributed by atoms with van der Waals surface area (Å²) in [6.45, 7) is 4.91. The van der Waals surface area contributed by atoms with Crippen molar-refractivity contribution in [1.29, 1.82) is 0 Å². The van der Waals surface area contributed by atoms with E-state index in [0.29, 0.717) is 24.5 Å². The van der Waals surface area contributed by atoms with Crippen molar-refractivity contribution < 1.29 is 14.6 Å². The topological polar surface area (TPSA) is 58.6 Å². The largest absolute Gasteiger partial charge is 0.391 e. The zero-order chi connectivity index (χ0) is 14.3. The van der Waals surface area contributed by atoms with E-state index in [1.807, 2.05) is 26.0 Å². The lowest BCUT2D eigenvalue weighted by Gasteiger charge is -2.14. The van der Waals surface area contributed by atoms with Gasteiger partial charge in [0, 0.05) is 19.2 Å². The third kappa shape index (κ3) is 5.85. The molecule has 4 heteroatoms. The molecular formula is C15H23NO3. The molecule has 1 rings (SSSR count). The van der Waals surface area contributed by atoms with Crippen LogP contribution in [0.25, 0.3) is 0 Å². The van der Waals surface area contributed by atoms with E-state index in [2.05, 4.69) is 5.32 Å². The number of aliphatic hydroxyl groups is 1. The van der Waals surface area contributed by atoms with E-state index < -0.39 is 6.10 Å². The second-order valence-corrected chi connectivity index (χ2v) is 5.12. The van der Waals surface area contributed by atoms with Crippen molar-refractivity contribution in [3.05, 3.63) is 35.4 Å². The number of aliphatic hydroxyl groups excluding tert-OH is 1. The highest BCUT2D eigenvalue weighted by Gasteiger charge is 2.10. The molecule has 0 heterocycles. The summed E-state index contributed by atoms with van der Waals surface area (Å²) in [6, 6.07) is 7.25. The minimum atomic E-state index is -0.489. The van der Waals surface area contributed by atoms with E-state index in [4.69, 9.17) is 4.74 Å². The predicted molar refractivity (Wildman–Crippen MR) is 75.0 cm³/mol. The lowest BCUT2D eigenvalue weighted by Crippen LogP contribution is -2.32. The van der Waals surface area contributed by atoms with Crippen LogP contribution in [0, 0.1) is 5.92 Å². The van der Waals surface area contributed by atoms with Gasteiger partial charge < -0.3 is 15.2 Å². The van der Waals surface area contributed by atoms with Gasteiger partial charge >= 0.3 is 0 Å². The van der Waals surface area contributed by atoms with Crippen LogP contribution < -0.4 is 5.32 Å². The van der Waals surface area contributed by atoms with E-state index in [0.717, 1.165) is 5.56 Å². The fourth-order valence-corrected chi connectivity index (χ4v) is 1.86. The molecule has 0 aliphatic heterocycles. The van der Waals surface area contributed by atoms with Crippen molar-refractivity contribution in [3.63, 3.8) is 0 Å². The molecular weight excluding hydrogens is 242 g/mol. The summed E-state index contributed by atoms with van der Waals surface area (Å²) >= 11 is 0. The minimum Gasteiger partial charge on any atom is -0.391 e. The Labute approximate surface area is 114 Å². The van der Waals surface area contributed by atoms with E-state index in [1.54, 1.807) is 19.2 Å². The number of benzene rings is 1. The van der Waals surface area contributed by atoms with Gasteiger partial charge in [0.15, 0.2) is 0 Å². The molecule has 0 bridgehead atoms. The van der Waals surface area contributed by atoms with E-state index in [-0.39, 0.29) is 12.5 Å². The lowest BCUT2D eigenvalue weighted by molar-refractivity contribution is 0.0900. The average Bonchev–Trinajstić information content (AvgIpc) is 2.36. The van der Waals surface area contributed by atoms with Crippen molar-refractivity contribution in [2.75, 3.05) is 13.7 Å². The highest BCUT2D eigenvalue weighted by atomic mass is 16.5. The number of rotatable bonds is 7. The van der Waals surface area contributed by atoms with Gasteiger partial charge in [-0.15, -0.1) is 0 Å². The first kappa shape index (κ1) is 15.7. The number of hydrogen-bond donors (Lipinski definition) is 2. The SMILES string of the molecule is COCc1ccc(C(=O)NCC(O)CC(C)C)cc1. The Morgan fingerprint density at radius 1 is 1.32 bits per heavy atom. The zero-order valence-electron chi connectivity index (χ0n) is 11.8. The molecule has 1 unspecified atom stereocenters. The Morgan fingerprint density at radius 3 is 2.47 bits per heavy atom. The molecule has 1 aromatic carbocycles. The van der Waals surface area contributed by atoms with Crippen LogP contribution >= 0.6 is 0 Å². The van der Waals surface area contributed by atoms with Crippen LogP contribution in [0.3, 0.4) is 0 Å². The van der Waals surface area contributed by atoms with Gasteiger partial charge in [-0.1, -0.05) is 26.0 Å². The molecule has 0 saturated heterocycles. The van der Waals surface area contributed by atoms with Gasteiger partial charge in [0.25, 0.3) is 5.91 Å². The van der Waals surface area contributed by atoms with Gasteiger partial charge in [-0.2, -0.15) is 0 Å². The van der Waals surface area contributed by atoms with Crippen molar-refractivity contribution in [3.8, 4) is 0 Å². The van der Waals surface area contributed by atoms with Crippen molar-refractivity contribution >= 4 is 5.91 Å². The molecule has 1 atom stereocenters. The number of hydrogen-bond acceptors (Lipinski definition) is 3. The van der Waals surface area contributed by atoms with Gasteiger partial charge in [-0.25, -0.2) is 0 Å². The molecule has 0 aromatic heterocycles. The normalized spacial score (nSPS) is 12.5. The molecule has 19 heavy (non-hydrogen) atoms. The van der Waals surface area contributed by atoms with Crippen LogP contribution in [-0.4, -0.2) is 30.8 Å². The van der Waals surface area contributed by atoms with Gasteiger partial charge in [0.05, 0.1) is 12.7 Å². The summed E-state index contributed by atoms with van der Waals surface area (Å²) in [5, 5.41) is 12.4. The zero-order valence-corrected chi connectivity index (χ0v) is 11.8. The Hall–Kier alpha value is -1.39. The van der Waals surface area contributed by atoms with Crippen LogP contribution in [0.1, 0.15) is 36.2 Å². The smallest absolute Gasteiger partial charge is 0.251 e. The van der Waals surface area contributed by atoms with E-state index in [9.17, 15) is 9.90 Å². The molecule has 0 fully saturated rings. The van der Waals surface area contributed by atoms with Crippen molar-refractivity contribution in [2.45, 2.75) is 33.0 Å². The third-order valence-electron chi connectivity index (χ3n) is 2.77. The highest BCUT2D eigenvalue weighted by Crippen LogP contribution is 2.06. The van der Waals surface area contributed by atoms with Crippen LogP contribution in [0.5, 0.6) is 0 Å². The quantitative estimate of drug-likeness (QED) is 0.792. The first-order valence-corrected chi connectivity index (χ1v) is 6.57. The van der Waals surface area contributed by atoms with Crippen molar-refractivity contribution in [1.82, 2.24) is 5.32 Å². The molecule has 106 valence electrons. The first-order valence-electron chi connectivity index (χ1n) is 6.57. The monoisotopic (exact) mass is 265 g/mol. The summed E-state index contributed by atoms with van der Waals surface area (Å²) in [6.07, 6.45) is 0.198. The predicted octanol–water partition coefficient (Wildman–Crippen LogP) is 1.97. The molecule has 4 nitrogen and oxygen atoms in total. The second-order valence-electron chi connectivity index (χ2n) is 5.12.